The Kier molecular flexibility index (Phi) is 4.21. The van der Waals surface area contributed by atoms with Gasteiger partial charge in [-0.05, 0) is 18.6 Å². The van der Waals surface area contributed by atoms with Gasteiger partial charge in [0.05, 0.1) is 5.56 Å². The third kappa shape index (κ3) is 3.31. The van der Waals surface area contributed by atoms with E-state index in [4.69, 9.17) is 0 Å². The minimum Gasteiger partial charge on any atom is -0.352 e. The van der Waals surface area contributed by atoms with E-state index in [0.717, 1.165) is 25.0 Å². The minimum absolute atomic E-state index is 0.118. The molecule has 0 saturated carbocycles. The second-order valence-corrected chi connectivity index (χ2v) is 3.23. The molecule has 0 bridgehead atoms. The number of carbonyl (C=O) groups excluding carboxylic acids is 1. The molecule has 0 spiro atoms. The van der Waals surface area contributed by atoms with E-state index in [1.54, 1.807) is 0 Å². The zero-order valence-electron chi connectivity index (χ0n) is 8.52. The van der Waals surface area contributed by atoms with Crippen molar-refractivity contribution in [3.8, 4) is 0 Å². The lowest BCUT2D eigenvalue weighted by molar-refractivity contribution is 0.0949. The van der Waals surface area contributed by atoms with Gasteiger partial charge in [-0.15, -0.1) is 0 Å². The molecule has 1 amide bonds. The van der Waals surface area contributed by atoms with Gasteiger partial charge in [-0.2, -0.15) is 0 Å². The van der Waals surface area contributed by atoms with Crippen molar-refractivity contribution in [1.29, 1.82) is 0 Å². The maximum atomic E-state index is 13.1. The summed E-state index contributed by atoms with van der Waals surface area (Å²) in [5.74, 6) is -2.01. The van der Waals surface area contributed by atoms with Gasteiger partial charge in [0, 0.05) is 12.6 Å². The highest BCUT2D eigenvalue weighted by atomic mass is 19.1. The fraction of sp³-hybridized carbons (Fsp3) is 0.364. The first kappa shape index (κ1) is 11.6. The summed E-state index contributed by atoms with van der Waals surface area (Å²) in [7, 11) is 0. The van der Waals surface area contributed by atoms with E-state index < -0.39 is 17.5 Å². The van der Waals surface area contributed by atoms with Crippen LogP contribution in [0.1, 0.15) is 30.1 Å². The molecule has 0 aliphatic heterocycles. The molecule has 1 rings (SSSR count). The van der Waals surface area contributed by atoms with Crippen LogP contribution in [0.5, 0.6) is 0 Å². The number of hydrogen-bond acceptors (Lipinski definition) is 1. The van der Waals surface area contributed by atoms with Gasteiger partial charge in [-0.3, -0.25) is 4.79 Å². The number of carbonyl (C=O) groups is 1. The van der Waals surface area contributed by atoms with Gasteiger partial charge in [-0.25, -0.2) is 8.78 Å². The molecule has 0 aromatic heterocycles. The zero-order valence-corrected chi connectivity index (χ0v) is 8.52. The molecule has 15 heavy (non-hydrogen) atoms. The number of unbranched alkanes of at least 4 members (excludes halogenated alkanes) is 1. The van der Waals surface area contributed by atoms with Crippen LogP contribution in [0.3, 0.4) is 0 Å². The predicted octanol–water partition coefficient (Wildman–Crippen LogP) is 2.49. The molecule has 1 aromatic rings. The topological polar surface area (TPSA) is 29.1 Å². The average molecular weight is 213 g/mol. The Labute approximate surface area is 87.3 Å². The minimum atomic E-state index is -0.830. The molecule has 0 fully saturated rings. The Balaban J connectivity index is 2.65. The van der Waals surface area contributed by atoms with Crippen LogP contribution in [0, 0.1) is 11.6 Å². The van der Waals surface area contributed by atoms with E-state index in [1.165, 1.54) is 0 Å². The van der Waals surface area contributed by atoms with Crippen molar-refractivity contribution in [2.45, 2.75) is 19.8 Å². The van der Waals surface area contributed by atoms with E-state index in [-0.39, 0.29) is 5.56 Å². The molecule has 2 nitrogen and oxygen atoms in total. The molecule has 0 atom stereocenters. The second-order valence-electron chi connectivity index (χ2n) is 3.23. The third-order valence-corrected chi connectivity index (χ3v) is 1.99. The third-order valence-electron chi connectivity index (χ3n) is 1.99. The Morgan fingerprint density at radius 1 is 1.40 bits per heavy atom. The molecule has 0 unspecified atom stereocenters. The maximum Gasteiger partial charge on any atom is 0.254 e. The summed E-state index contributed by atoms with van der Waals surface area (Å²) in [6.45, 7) is 2.50. The fourth-order valence-electron chi connectivity index (χ4n) is 1.15. The molecule has 0 saturated heterocycles. The summed E-state index contributed by atoms with van der Waals surface area (Å²) in [6, 6.07) is 2.92. The fourth-order valence-corrected chi connectivity index (χ4v) is 1.15. The molecule has 0 radical (unpaired) electrons. The van der Waals surface area contributed by atoms with E-state index in [2.05, 4.69) is 5.32 Å². The monoisotopic (exact) mass is 213 g/mol. The highest BCUT2D eigenvalue weighted by molar-refractivity contribution is 5.94. The molecular formula is C11H13F2NO. The number of amides is 1. The Hall–Kier alpha value is -1.45. The predicted molar refractivity (Wildman–Crippen MR) is 53.6 cm³/mol. The summed E-state index contributed by atoms with van der Waals surface area (Å²) >= 11 is 0. The van der Waals surface area contributed by atoms with Gasteiger partial charge >= 0.3 is 0 Å². The van der Waals surface area contributed by atoms with Gasteiger partial charge in [0.25, 0.3) is 5.91 Å². The number of rotatable bonds is 4. The van der Waals surface area contributed by atoms with Crippen LogP contribution >= 0.6 is 0 Å². The van der Waals surface area contributed by atoms with E-state index in [9.17, 15) is 13.6 Å². The Bertz CT molecular complexity index is 352. The standard InChI is InChI=1S/C11H13F2NO/c1-2-3-6-14-11(15)9-5-4-8(12)7-10(9)13/h4-5,7H,2-3,6H2,1H3,(H,14,15). The largest absolute Gasteiger partial charge is 0.352 e. The first-order chi connectivity index (χ1) is 7.15. The Morgan fingerprint density at radius 2 is 2.13 bits per heavy atom. The van der Waals surface area contributed by atoms with Crippen molar-refractivity contribution in [3.05, 3.63) is 35.4 Å². The van der Waals surface area contributed by atoms with Crippen molar-refractivity contribution in [2.75, 3.05) is 6.54 Å². The smallest absolute Gasteiger partial charge is 0.254 e. The van der Waals surface area contributed by atoms with Gasteiger partial charge in [0.1, 0.15) is 11.6 Å². The number of nitrogens with one attached hydrogen (secondary N) is 1. The first-order valence-corrected chi connectivity index (χ1v) is 4.88. The summed E-state index contributed by atoms with van der Waals surface area (Å²) in [5, 5.41) is 2.56. The first-order valence-electron chi connectivity index (χ1n) is 4.88. The SMILES string of the molecule is CCCCNC(=O)c1ccc(F)cc1F. The van der Waals surface area contributed by atoms with Gasteiger partial charge in [0.15, 0.2) is 0 Å². The highest BCUT2D eigenvalue weighted by Gasteiger charge is 2.11. The lowest BCUT2D eigenvalue weighted by atomic mass is 10.2. The lowest BCUT2D eigenvalue weighted by Gasteiger charge is -2.04. The second kappa shape index (κ2) is 5.44. The zero-order chi connectivity index (χ0) is 11.3. The quantitative estimate of drug-likeness (QED) is 0.765. The van der Waals surface area contributed by atoms with Crippen LogP contribution < -0.4 is 5.32 Å². The van der Waals surface area contributed by atoms with E-state index in [1.807, 2.05) is 6.92 Å². The van der Waals surface area contributed by atoms with Crippen molar-refractivity contribution in [3.63, 3.8) is 0 Å². The van der Waals surface area contributed by atoms with Crippen LogP contribution in [-0.2, 0) is 0 Å². The Morgan fingerprint density at radius 3 is 2.73 bits per heavy atom. The van der Waals surface area contributed by atoms with Crippen LogP contribution in [0.4, 0.5) is 8.78 Å². The summed E-state index contributed by atoms with van der Waals surface area (Å²) < 4.78 is 25.7. The molecule has 0 aliphatic rings. The van der Waals surface area contributed by atoms with Crippen LogP contribution in [0.2, 0.25) is 0 Å². The summed E-state index contributed by atoms with van der Waals surface area (Å²) in [4.78, 5) is 11.4. The molecule has 0 heterocycles. The molecule has 1 N–H and O–H groups in total. The van der Waals surface area contributed by atoms with Crippen molar-refractivity contribution < 1.29 is 13.6 Å². The molecule has 82 valence electrons. The average Bonchev–Trinajstić information content (AvgIpc) is 2.17. The van der Waals surface area contributed by atoms with Gasteiger partial charge < -0.3 is 5.32 Å². The number of halogens is 2. The van der Waals surface area contributed by atoms with Crippen molar-refractivity contribution in [1.82, 2.24) is 5.32 Å². The van der Waals surface area contributed by atoms with Crippen LogP contribution in [-0.4, -0.2) is 12.5 Å². The van der Waals surface area contributed by atoms with Gasteiger partial charge in [-0.1, -0.05) is 13.3 Å². The summed E-state index contributed by atoms with van der Waals surface area (Å²) in [5.41, 5.74) is -0.118. The number of benzene rings is 1. The lowest BCUT2D eigenvalue weighted by Crippen LogP contribution is -2.25. The van der Waals surface area contributed by atoms with Crippen molar-refractivity contribution in [2.24, 2.45) is 0 Å². The van der Waals surface area contributed by atoms with Crippen LogP contribution in [0.15, 0.2) is 18.2 Å². The summed E-state index contributed by atoms with van der Waals surface area (Å²) in [6.07, 6.45) is 1.79. The molecular weight excluding hydrogens is 200 g/mol. The van der Waals surface area contributed by atoms with Crippen molar-refractivity contribution >= 4 is 5.91 Å². The van der Waals surface area contributed by atoms with E-state index in [0.29, 0.717) is 12.6 Å². The van der Waals surface area contributed by atoms with Gasteiger partial charge in [0.2, 0.25) is 0 Å². The molecule has 1 aromatic carbocycles. The van der Waals surface area contributed by atoms with E-state index >= 15 is 0 Å². The maximum absolute atomic E-state index is 13.1. The highest BCUT2D eigenvalue weighted by Crippen LogP contribution is 2.09. The molecule has 4 heteroatoms. The van der Waals surface area contributed by atoms with Crippen LogP contribution in [0.25, 0.3) is 0 Å². The normalized spacial score (nSPS) is 10.1. The molecule has 0 aliphatic carbocycles. The number of hydrogen-bond donors (Lipinski definition) is 1.